The fourth-order valence-electron chi connectivity index (χ4n) is 1.36. The molecule has 0 aliphatic rings. The van der Waals surface area contributed by atoms with Crippen molar-refractivity contribution in [1.29, 1.82) is 0 Å². The third-order valence-electron chi connectivity index (χ3n) is 2.27. The molecule has 0 radical (unpaired) electrons. The van der Waals surface area contributed by atoms with Crippen LogP contribution in [0.15, 0.2) is 0 Å². The molecule has 0 aliphatic heterocycles. The highest BCUT2D eigenvalue weighted by molar-refractivity contribution is 5.81. The summed E-state index contributed by atoms with van der Waals surface area (Å²) in [6.45, 7) is 6.09. The average molecular weight is 210 g/mol. The Morgan fingerprint density at radius 1 is 1.53 bits per heavy atom. The molecule has 1 unspecified atom stereocenters. The largest absolute Gasteiger partial charge is 0.351 e. The normalized spacial score (nSPS) is 14.4. The molecule has 86 valence electrons. The quantitative estimate of drug-likeness (QED) is 0.649. The zero-order valence-corrected chi connectivity index (χ0v) is 9.92. The number of hydrogen-bond acceptors (Lipinski definition) is 2. The Morgan fingerprint density at radius 2 is 2.13 bits per heavy atom. The van der Waals surface area contributed by atoms with Gasteiger partial charge in [0.2, 0.25) is 5.91 Å². The molecule has 3 heteroatoms. The molecular weight excluding hydrogens is 188 g/mol. The van der Waals surface area contributed by atoms with Crippen molar-refractivity contribution in [3.05, 3.63) is 0 Å². The molecule has 0 saturated carbocycles. The summed E-state index contributed by atoms with van der Waals surface area (Å²) < 4.78 is 0. The second kappa shape index (κ2) is 7.30. The van der Waals surface area contributed by atoms with Crippen LogP contribution in [0.5, 0.6) is 0 Å². The van der Waals surface area contributed by atoms with E-state index in [1.54, 1.807) is 0 Å². The predicted molar refractivity (Wildman–Crippen MR) is 63.1 cm³/mol. The third kappa shape index (κ3) is 6.14. The third-order valence-corrected chi connectivity index (χ3v) is 2.27. The number of nitrogens with two attached hydrogens (primary N) is 1. The molecule has 0 aromatic heterocycles. The molecule has 15 heavy (non-hydrogen) atoms. The molecule has 0 rings (SSSR count). The molecule has 3 N–H and O–H groups in total. The minimum atomic E-state index is -0.420. The van der Waals surface area contributed by atoms with E-state index >= 15 is 0 Å². The summed E-state index contributed by atoms with van der Waals surface area (Å²) in [5.41, 5.74) is 5.75. The highest BCUT2D eigenvalue weighted by Gasteiger charge is 2.17. The molecule has 1 amide bonds. The summed E-state index contributed by atoms with van der Waals surface area (Å²) in [6, 6.07) is -0.363. The molecule has 0 fully saturated rings. The number of nitrogens with one attached hydrogen (secondary N) is 1. The summed E-state index contributed by atoms with van der Waals surface area (Å²) >= 11 is 0. The second-order valence-electron chi connectivity index (χ2n) is 4.26. The topological polar surface area (TPSA) is 55.1 Å². The van der Waals surface area contributed by atoms with Crippen molar-refractivity contribution in [2.45, 2.75) is 52.1 Å². The molecule has 0 aromatic rings. The Morgan fingerprint density at radius 3 is 2.53 bits per heavy atom. The number of terminal acetylenes is 1. The number of carbonyl (C=O) groups excluding carboxylic acids is 1. The lowest BCUT2D eigenvalue weighted by Gasteiger charge is -2.19. The van der Waals surface area contributed by atoms with Crippen LogP contribution in [0.2, 0.25) is 0 Å². The second-order valence-corrected chi connectivity index (χ2v) is 4.26. The summed E-state index contributed by atoms with van der Waals surface area (Å²) in [6.07, 6.45) is 7.32. The summed E-state index contributed by atoms with van der Waals surface area (Å²) in [4.78, 5) is 11.6. The molecule has 3 nitrogen and oxygen atoms in total. The maximum absolute atomic E-state index is 11.6. The van der Waals surface area contributed by atoms with Crippen LogP contribution in [0, 0.1) is 18.3 Å². The first-order valence-electron chi connectivity index (χ1n) is 5.50. The predicted octanol–water partition coefficient (Wildman–Crippen LogP) is 1.28. The Hall–Kier alpha value is -1.01. The van der Waals surface area contributed by atoms with Gasteiger partial charge in [0.05, 0.1) is 6.04 Å². The monoisotopic (exact) mass is 210 g/mol. The van der Waals surface area contributed by atoms with Gasteiger partial charge in [-0.05, 0) is 18.8 Å². The van der Waals surface area contributed by atoms with Gasteiger partial charge in [-0.1, -0.05) is 20.8 Å². The van der Waals surface area contributed by atoms with E-state index in [0.717, 1.165) is 6.42 Å². The highest BCUT2D eigenvalue weighted by atomic mass is 16.2. The number of rotatable bonds is 6. The van der Waals surface area contributed by atoms with E-state index in [1.807, 2.05) is 20.8 Å². The maximum Gasteiger partial charge on any atom is 0.237 e. The average Bonchev–Trinajstić information content (AvgIpc) is 2.15. The van der Waals surface area contributed by atoms with Gasteiger partial charge in [0.1, 0.15) is 0 Å². The molecule has 0 spiro atoms. The molecular formula is C12H22N2O. The van der Waals surface area contributed by atoms with E-state index in [0.29, 0.717) is 18.8 Å². The number of carbonyl (C=O) groups is 1. The SMILES string of the molecule is C#CCC(CC)NC(=O)[C@@H](N)CC(C)C. The van der Waals surface area contributed by atoms with Crippen molar-refractivity contribution in [3.8, 4) is 12.3 Å². The van der Waals surface area contributed by atoms with E-state index in [4.69, 9.17) is 12.2 Å². The van der Waals surface area contributed by atoms with Crippen LogP contribution >= 0.6 is 0 Å². The maximum atomic E-state index is 11.6. The summed E-state index contributed by atoms with van der Waals surface area (Å²) in [7, 11) is 0. The number of amides is 1. The van der Waals surface area contributed by atoms with Crippen LogP contribution in [0.1, 0.15) is 40.0 Å². The standard InChI is InChI=1S/C12H22N2O/c1-5-7-10(6-2)14-12(15)11(13)8-9(3)4/h1,9-11H,6-8,13H2,2-4H3,(H,14,15)/t10?,11-/m0/s1. The van der Waals surface area contributed by atoms with Crippen LogP contribution < -0.4 is 11.1 Å². The minimum Gasteiger partial charge on any atom is -0.351 e. The van der Waals surface area contributed by atoms with Crippen LogP contribution in [-0.2, 0) is 4.79 Å². The first-order chi connectivity index (χ1) is 7.01. The lowest BCUT2D eigenvalue weighted by Crippen LogP contribution is -2.45. The zero-order valence-electron chi connectivity index (χ0n) is 9.92. The van der Waals surface area contributed by atoms with Gasteiger partial charge in [-0.3, -0.25) is 4.79 Å². The van der Waals surface area contributed by atoms with Gasteiger partial charge in [-0.2, -0.15) is 0 Å². The van der Waals surface area contributed by atoms with Gasteiger partial charge >= 0.3 is 0 Å². The van der Waals surface area contributed by atoms with Crippen LogP contribution in [-0.4, -0.2) is 18.0 Å². The van der Waals surface area contributed by atoms with Gasteiger partial charge < -0.3 is 11.1 Å². The van der Waals surface area contributed by atoms with Crippen molar-refractivity contribution in [3.63, 3.8) is 0 Å². The van der Waals surface area contributed by atoms with E-state index in [1.165, 1.54) is 0 Å². The molecule has 2 atom stereocenters. The van der Waals surface area contributed by atoms with Gasteiger partial charge in [-0.25, -0.2) is 0 Å². The van der Waals surface area contributed by atoms with Crippen LogP contribution in [0.4, 0.5) is 0 Å². The molecule has 0 bridgehead atoms. The van der Waals surface area contributed by atoms with E-state index in [-0.39, 0.29) is 11.9 Å². The Balaban J connectivity index is 4.05. The van der Waals surface area contributed by atoms with Gasteiger partial charge in [0, 0.05) is 12.5 Å². The lowest BCUT2D eigenvalue weighted by molar-refractivity contribution is -0.123. The van der Waals surface area contributed by atoms with Gasteiger partial charge in [0.25, 0.3) is 0 Å². The smallest absolute Gasteiger partial charge is 0.237 e. The van der Waals surface area contributed by atoms with Crippen molar-refractivity contribution >= 4 is 5.91 Å². The highest BCUT2D eigenvalue weighted by Crippen LogP contribution is 2.04. The fraction of sp³-hybridized carbons (Fsp3) is 0.750. The first kappa shape index (κ1) is 14.0. The molecule has 0 heterocycles. The van der Waals surface area contributed by atoms with Gasteiger partial charge in [-0.15, -0.1) is 12.3 Å². The van der Waals surface area contributed by atoms with Crippen molar-refractivity contribution < 1.29 is 4.79 Å². The summed E-state index contributed by atoms with van der Waals surface area (Å²) in [5, 5.41) is 2.87. The zero-order chi connectivity index (χ0) is 11.8. The Bertz CT molecular complexity index is 230. The first-order valence-corrected chi connectivity index (χ1v) is 5.50. The van der Waals surface area contributed by atoms with Crippen LogP contribution in [0.25, 0.3) is 0 Å². The van der Waals surface area contributed by atoms with E-state index < -0.39 is 6.04 Å². The van der Waals surface area contributed by atoms with Crippen LogP contribution in [0.3, 0.4) is 0 Å². The Kier molecular flexibility index (Phi) is 6.81. The minimum absolute atomic E-state index is 0.0562. The molecule has 0 saturated heterocycles. The van der Waals surface area contributed by atoms with Gasteiger partial charge in [0.15, 0.2) is 0 Å². The molecule has 0 aliphatic carbocycles. The van der Waals surface area contributed by atoms with Crippen molar-refractivity contribution in [2.75, 3.05) is 0 Å². The van der Waals surface area contributed by atoms with E-state index in [9.17, 15) is 4.79 Å². The van der Waals surface area contributed by atoms with Crippen molar-refractivity contribution in [1.82, 2.24) is 5.32 Å². The number of hydrogen-bond donors (Lipinski definition) is 2. The summed E-state index contributed by atoms with van der Waals surface area (Å²) in [5.74, 6) is 2.89. The fourth-order valence-corrected chi connectivity index (χ4v) is 1.36. The Labute approximate surface area is 92.8 Å². The van der Waals surface area contributed by atoms with Crippen molar-refractivity contribution in [2.24, 2.45) is 11.7 Å². The lowest BCUT2D eigenvalue weighted by atomic mass is 10.0. The molecule has 0 aromatic carbocycles. The van der Waals surface area contributed by atoms with E-state index in [2.05, 4.69) is 11.2 Å².